The van der Waals surface area contributed by atoms with Gasteiger partial charge in [-0.15, -0.1) is 11.3 Å². The van der Waals surface area contributed by atoms with Crippen molar-refractivity contribution >= 4 is 59.3 Å². The van der Waals surface area contributed by atoms with Gasteiger partial charge in [-0.25, -0.2) is 0 Å². The Morgan fingerprint density at radius 1 is 0.526 bits per heavy atom. The summed E-state index contributed by atoms with van der Waals surface area (Å²) in [4.78, 5) is 2.56. The van der Waals surface area contributed by atoms with Crippen LogP contribution in [0.1, 0.15) is 68.6 Å². The minimum absolute atomic E-state index is 0.113. The molecule has 1 fully saturated rings. The lowest BCUT2D eigenvalue weighted by atomic mass is 9.79. The second-order valence-corrected chi connectivity index (χ2v) is 17.7. The summed E-state index contributed by atoms with van der Waals surface area (Å²) >= 11 is 1.90. The molecule has 0 spiro atoms. The number of rotatable bonds is 6. The van der Waals surface area contributed by atoms with E-state index in [1.165, 1.54) is 124 Å². The zero-order chi connectivity index (χ0) is 38.1. The zero-order valence-corrected chi connectivity index (χ0v) is 33.5. The third kappa shape index (κ3) is 5.49. The van der Waals surface area contributed by atoms with E-state index >= 15 is 0 Å². The zero-order valence-electron chi connectivity index (χ0n) is 32.6. The molecule has 1 nitrogen and oxygen atoms in total. The molecule has 1 heterocycles. The van der Waals surface area contributed by atoms with Crippen LogP contribution in [0.5, 0.6) is 0 Å². The first-order valence-corrected chi connectivity index (χ1v) is 21.5. The SMILES string of the molecule is CC1(C)c2ccccc2-c2cccc(-c3cccc(N(c4ccccc4-c4cccc5cccc(C6CCCCC6)c45)c4cccc5c4sc4ccccc45)c3)c21. The Balaban J connectivity index is 1.16. The Labute approximate surface area is 339 Å². The van der Waals surface area contributed by atoms with Crippen molar-refractivity contribution in [2.75, 3.05) is 4.90 Å². The normalized spacial score (nSPS) is 14.9. The summed E-state index contributed by atoms with van der Waals surface area (Å²) in [5.74, 6) is 0.596. The van der Waals surface area contributed by atoms with Gasteiger partial charge in [0.15, 0.2) is 0 Å². The van der Waals surface area contributed by atoms with Crippen LogP contribution in [0, 0.1) is 0 Å². The molecule has 0 bridgehead atoms. The largest absolute Gasteiger partial charge is 0.308 e. The second-order valence-electron chi connectivity index (χ2n) is 16.6. The van der Waals surface area contributed by atoms with Crippen molar-refractivity contribution in [3.05, 3.63) is 187 Å². The molecule has 9 aromatic rings. The fraction of sp³-hybridized carbons (Fsp3) is 0.164. The molecule has 1 saturated carbocycles. The molecule has 0 saturated heterocycles. The van der Waals surface area contributed by atoms with Gasteiger partial charge in [0.2, 0.25) is 0 Å². The standard InChI is InChI=1S/C55H45NS/c1-55(2)48-31-9-6-23-42(48)46-29-15-27-41(53(46)55)38-21-12-22-39(35-38)56(50-33-16-30-47-44-25-8-11-34-51(44)57-54(47)50)49-32-10-7-24-43(49)45-28-14-20-37-19-13-26-40(52(37)45)36-17-4-3-5-18-36/h6-16,19-36H,3-5,17-18H2,1-2H3. The fourth-order valence-electron chi connectivity index (χ4n) is 10.5. The molecule has 2 aliphatic carbocycles. The summed E-state index contributed by atoms with van der Waals surface area (Å²) in [6, 6.07) is 64.0. The summed E-state index contributed by atoms with van der Waals surface area (Å²) < 4.78 is 2.62. The molecule has 11 rings (SSSR count). The maximum atomic E-state index is 2.56. The first kappa shape index (κ1) is 34.3. The third-order valence-corrected chi connectivity index (χ3v) is 14.2. The number of benzene rings is 8. The van der Waals surface area contributed by atoms with Gasteiger partial charge in [-0.3, -0.25) is 0 Å². The van der Waals surface area contributed by atoms with Gasteiger partial charge in [0.25, 0.3) is 0 Å². The number of hydrogen-bond acceptors (Lipinski definition) is 2. The van der Waals surface area contributed by atoms with Crippen molar-refractivity contribution in [3.8, 4) is 33.4 Å². The summed E-state index contributed by atoms with van der Waals surface area (Å²) in [5.41, 5.74) is 15.6. The van der Waals surface area contributed by atoms with Gasteiger partial charge in [0.1, 0.15) is 0 Å². The maximum Gasteiger partial charge on any atom is 0.0640 e. The van der Waals surface area contributed by atoms with Crippen LogP contribution in [0.15, 0.2) is 170 Å². The Morgan fingerprint density at radius 2 is 1.18 bits per heavy atom. The molecule has 0 amide bonds. The number of para-hydroxylation sites is 1. The smallest absolute Gasteiger partial charge is 0.0640 e. The van der Waals surface area contributed by atoms with Crippen molar-refractivity contribution in [2.45, 2.75) is 57.3 Å². The Kier molecular flexibility index (Phi) is 8.19. The Bertz CT molecular complexity index is 2990. The third-order valence-electron chi connectivity index (χ3n) is 13.0. The lowest BCUT2D eigenvalue weighted by Crippen LogP contribution is -2.16. The fourth-order valence-corrected chi connectivity index (χ4v) is 11.7. The Morgan fingerprint density at radius 3 is 2.07 bits per heavy atom. The van der Waals surface area contributed by atoms with E-state index < -0.39 is 0 Å². The van der Waals surface area contributed by atoms with Gasteiger partial charge in [-0.05, 0) is 104 Å². The minimum atomic E-state index is -0.113. The maximum absolute atomic E-state index is 2.56. The summed E-state index contributed by atoms with van der Waals surface area (Å²) in [6.45, 7) is 4.78. The highest BCUT2D eigenvalue weighted by Crippen LogP contribution is 2.53. The quantitative estimate of drug-likeness (QED) is 0.164. The van der Waals surface area contributed by atoms with Crippen LogP contribution in [0.25, 0.3) is 64.3 Å². The molecular formula is C55H45NS. The van der Waals surface area contributed by atoms with Crippen molar-refractivity contribution < 1.29 is 0 Å². The molecule has 2 heteroatoms. The highest BCUT2D eigenvalue weighted by Gasteiger charge is 2.37. The first-order chi connectivity index (χ1) is 28.1. The molecule has 0 aliphatic heterocycles. The molecule has 8 aromatic carbocycles. The molecule has 276 valence electrons. The van der Waals surface area contributed by atoms with Crippen LogP contribution in [-0.4, -0.2) is 0 Å². The van der Waals surface area contributed by atoms with Crippen molar-refractivity contribution in [2.24, 2.45) is 0 Å². The molecule has 0 N–H and O–H groups in total. The van der Waals surface area contributed by atoms with Gasteiger partial charge in [0.05, 0.1) is 16.1 Å². The highest BCUT2D eigenvalue weighted by atomic mass is 32.1. The van der Waals surface area contributed by atoms with Gasteiger partial charge in [0, 0.05) is 32.1 Å². The van der Waals surface area contributed by atoms with Gasteiger partial charge < -0.3 is 4.90 Å². The van der Waals surface area contributed by atoms with Gasteiger partial charge in [-0.1, -0.05) is 173 Å². The van der Waals surface area contributed by atoms with E-state index in [-0.39, 0.29) is 5.41 Å². The van der Waals surface area contributed by atoms with E-state index in [0.29, 0.717) is 5.92 Å². The van der Waals surface area contributed by atoms with E-state index in [1.54, 1.807) is 0 Å². The number of fused-ring (bicyclic) bond motifs is 7. The van der Waals surface area contributed by atoms with Crippen LogP contribution < -0.4 is 4.90 Å². The Hall–Kier alpha value is -5.96. The van der Waals surface area contributed by atoms with Crippen LogP contribution >= 0.6 is 11.3 Å². The molecule has 1 aromatic heterocycles. The molecular weight excluding hydrogens is 707 g/mol. The van der Waals surface area contributed by atoms with E-state index in [1.807, 2.05) is 11.3 Å². The monoisotopic (exact) mass is 751 g/mol. The van der Waals surface area contributed by atoms with E-state index in [9.17, 15) is 0 Å². The molecule has 0 atom stereocenters. The van der Waals surface area contributed by atoms with Gasteiger partial charge >= 0.3 is 0 Å². The average Bonchev–Trinajstić information content (AvgIpc) is 3.77. The second kappa shape index (κ2) is 13.6. The average molecular weight is 752 g/mol. The molecule has 0 unspecified atom stereocenters. The lowest BCUT2D eigenvalue weighted by Gasteiger charge is -2.30. The molecule has 0 radical (unpaired) electrons. The predicted molar refractivity (Wildman–Crippen MR) is 246 cm³/mol. The summed E-state index contributed by atoms with van der Waals surface area (Å²) in [5, 5.41) is 5.35. The number of thiophene rings is 1. The van der Waals surface area contributed by atoms with Crippen molar-refractivity contribution in [3.63, 3.8) is 0 Å². The van der Waals surface area contributed by atoms with Gasteiger partial charge in [-0.2, -0.15) is 0 Å². The van der Waals surface area contributed by atoms with Crippen molar-refractivity contribution in [1.82, 2.24) is 0 Å². The van der Waals surface area contributed by atoms with Crippen molar-refractivity contribution in [1.29, 1.82) is 0 Å². The summed E-state index contributed by atoms with van der Waals surface area (Å²) in [7, 11) is 0. The van der Waals surface area contributed by atoms with E-state index in [0.717, 1.165) is 5.69 Å². The van der Waals surface area contributed by atoms with Crippen LogP contribution in [0.2, 0.25) is 0 Å². The number of anilines is 3. The number of nitrogens with zero attached hydrogens (tertiary/aromatic N) is 1. The lowest BCUT2D eigenvalue weighted by molar-refractivity contribution is 0.445. The summed E-state index contributed by atoms with van der Waals surface area (Å²) in [6.07, 6.45) is 6.53. The number of hydrogen-bond donors (Lipinski definition) is 0. The van der Waals surface area contributed by atoms with E-state index in [4.69, 9.17) is 0 Å². The predicted octanol–water partition coefficient (Wildman–Crippen LogP) is 16.4. The highest BCUT2D eigenvalue weighted by molar-refractivity contribution is 7.26. The van der Waals surface area contributed by atoms with Crippen LogP contribution in [0.4, 0.5) is 17.1 Å². The topological polar surface area (TPSA) is 3.24 Å². The van der Waals surface area contributed by atoms with Crippen LogP contribution in [-0.2, 0) is 5.41 Å². The van der Waals surface area contributed by atoms with E-state index in [2.05, 4.69) is 189 Å². The van der Waals surface area contributed by atoms with Crippen LogP contribution in [0.3, 0.4) is 0 Å². The minimum Gasteiger partial charge on any atom is -0.308 e. The first-order valence-electron chi connectivity index (χ1n) is 20.7. The molecule has 57 heavy (non-hydrogen) atoms. The molecule has 2 aliphatic rings.